The van der Waals surface area contributed by atoms with Crippen LogP contribution in [0.4, 0.5) is 0 Å². The molecule has 0 atom stereocenters. The average molecular weight is 170 g/mol. The first-order valence-corrected chi connectivity index (χ1v) is 4.53. The largest absolute Gasteiger partial charge is 0.255 e. The van der Waals surface area contributed by atoms with Crippen molar-refractivity contribution in [3.8, 4) is 0 Å². The standard InChI is InChI=1S/C9H18N2O/c1-8(2)6-5-7-11(10-12)9(8,3)4/h5-7H2,1-4H3. The van der Waals surface area contributed by atoms with E-state index >= 15 is 0 Å². The Morgan fingerprint density at radius 1 is 1.25 bits per heavy atom. The van der Waals surface area contributed by atoms with E-state index in [-0.39, 0.29) is 11.0 Å². The molecule has 0 aromatic rings. The van der Waals surface area contributed by atoms with Crippen LogP contribution in [0, 0.1) is 10.3 Å². The molecular formula is C9H18N2O. The Hall–Kier alpha value is -0.600. The number of nitroso groups, excluding NO2 is 1. The van der Waals surface area contributed by atoms with Crippen molar-refractivity contribution in [1.29, 1.82) is 0 Å². The molecule has 0 aliphatic carbocycles. The second-order valence-corrected chi connectivity index (χ2v) is 4.75. The molecule has 0 aromatic carbocycles. The van der Waals surface area contributed by atoms with Crippen molar-refractivity contribution < 1.29 is 0 Å². The summed E-state index contributed by atoms with van der Waals surface area (Å²) in [4.78, 5) is 10.5. The Morgan fingerprint density at radius 2 is 1.83 bits per heavy atom. The molecule has 1 aliphatic heterocycles. The van der Waals surface area contributed by atoms with Gasteiger partial charge in [0.05, 0.1) is 10.8 Å². The Morgan fingerprint density at radius 3 is 2.25 bits per heavy atom. The maximum Gasteiger partial charge on any atom is 0.0605 e. The van der Waals surface area contributed by atoms with Crippen molar-refractivity contribution >= 4 is 0 Å². The van der Waals surface area contributed by atoms with Crippen LogP contribution in [0.5, 0.6) is 0 Å². The molecule has 0 radical (unpaired) electrons. The van der Waals surface area contributed by atoms with E-state index in [1.54, 1.807) is 5.01 Å². The second-order valence-electron chi connectivity index (χ2n) is 4.75. The van der Waals surface area contributed by atoms with Crippen molar-refractivity contribution in [2.75, 3.05) is 6.54 Å². The van der Waals surface area contributed by atoms with Crippen molar-refractivity contribution in [1.82, 2.24) is 5.01 Å². The van der Waals surface area contributed by atoms with Crippen LogP contribution in [0.2, 0.25) is 0 Å². The van der Waals surface area contributed by atoms with E-state index < -0.39 is 0 Å². The van der Waals surface area contributed by atoms with E-state index in [2.05, 4.69) is 33.0 Å². The minimum Gasteiger partial charge on any atom is -0.255 e. The van der Waals surface area contributed by atoms with Gasteiger partial charge in [0.15, 0.2) is 0 Å². The fourth-order valence-corrected chi connectivity index (χ4v) is 1.75. The Kier molecular flexibility index (Phi) is 2.15. The summed E-state index contributed by atoms with van der Waals surface area (Å²) in [6.07, 6.45) is 2.24. The van der Waals surface area contributed by atoms with Crippen LogP contribution in [-0.4, -0.2) is 17.1 Å². The molecule has 70 valence electrons. The van der Waals surface area contributed by atoms with Crippen LogP contribution in [0.3, 0.4) is 0 Å². The van der Waals surface area contributed by atoms with E-state index in [4.69, 9.17) is 0 Å². The van der Waals surface area contributed by atoms with Gasteiger partial charge in [0.2, 0.25) is 0 Å². The number of nitrogens with zero attached hydrogens (tertiary/aromatic N) is 2. The third-order valence-electron chi connectivity index (χ3n) is 3.57. The Balaban J connectivity index is 2.89. The summed E-state index contributed by atoms with van der Waals surface area (Å²) in [7, 11) is 0. The highest BCUT2D eigenvalue weighted by molar-refractivity contribution is 4.96. The Labute approximate surface area is 74.1 Å². The predicted octanol–water partition coefficient (Wildman–Crippen LogP) is 2.57. The highest BCUT2D eigenvalue weighted by Gasteiger charge is 2.44. The lowest BCUT2D eigenvalue weighted by atomic mass is 9.69. The lowest BCUT2D eigenvalue weighted by molar-refractivity contribution is -0.0303. The zero-order valence-corrected chi connectivity index (χ0v) is 8.42. The number of rotatable bonds is 1. The number of hydrogen-bond donors (Lipinski definition) is 0. The smallest absolute Gasteiger partial charge is 0.0605 e. The molecule has 0 amide bonds. The molecule has 0 aromatic heterocycles. The molecule has 3 nitrogen and oxygen atoms in total. The molecule has 1 fully saturated rings. The van der Waals surface area contributed by atoms with Crippen LogP contribution in [-0.2, 0) is 0 Å². The van der Waals surface area contributed by atoms with Gasteiger partial charge in [-0.3, -0.25) is 5.01 Å². The first kappa shape index (κ1) is 9.49. The predicted molar refractivity (Wildman–Crippen MR) is 49.6 cm³/mol. The van der Waals surface area contributed by atoms with Crippen LogP contribution in [0.25, 0.3) is 0 Å². The van der Waals surface area contributed by atoms with Gasteiger partial charge >= 0.3 is 0 Å². The lowest BCUT2D eigenvalue weighted by Crippen LogP contribution is -2.55. The SMILES string of the molecule is CC1(C)CCCN(N=O)C1(C)C. The van der Waals surface area contributed by atoms with Crippen LogP contribution in [0.1, 0.15) is 40.5 Å². The maximum atomic E-state index is 10.5. The molecule has 3 heteroatoms. The van der Waals surface area contributed by atoms with Crippen LogP contribution in [0.15, 0.2) is 5.29 Å². The van der Waals surface area contributed by atoms with Gasteiger partial charge in [-0.25, -0.2) is 0 Å². The van der Waals surface area contributed by atoms with Crippen molar-refractivity contribution in [3.05, 3.63) is 4.91 Å². The van der Waals surface area contributed by atoms with Gasteiger partial charge in [-0.1, -0.05) is 13.8 Å². The Bertz CT molecular complexity index is 187. The summed E-state index contributed by atoms with van der Waals surface area (Å²) in [5.74, 6) is 0. The average Bonchev–Trinajstić information content (AvgIpc) is 1.95. The van der Waals surface area contributed by atoms with E-state index in [0.29, 0.717) is 0 Å². The highest BCUT2D eigenvalue weighted by atomic mass is 16.3. The topological polar surface area (TPSA) is 32.7 Å². The minimum atomic E-state index is -0.104. The summed E-state index contributed by atoms with van der Waals surface area (Å²) in [5.41, 5.74) is 0.0756. The minimum absolute atomic E-state index is 0.104. The van der Waals surface area contributed by atoms with Crippen LogP contribution < -0.4 is 0 Å². The first-order chi connectivity index (χ1) is 5.42. The molecule has 12 heavy (non-hydrogen) atoms. The summed E-state index contributed by atoms with van der Waals surface area (Å²) >= 11 is 0. The molecular weight excluding hydrogens is 152 g/mol. The van der Waals surface area contributed by atoms with Gasteiger partial charge in [-0.15, -0.1) is 4.91 Å². The molecule has 1 aliphatic rings. The van der Waals surface area contributed by atoms with Gasteiger partial charge in [-0.2, -0.15) is 0 Å². The van der Waals surface area contributed by atoms with E-state index in [9.17, 15) is 4.91 Å². The summed E-state index contributed by atoms with van der Waals surface area (Å²) in [6.45, 7) is 9.38. The normalized spacial score (nSPS) is 26.8. The van der Waals surface area contributed by atoms with Gasteiger partial charge in [0, 0.05) is 6.54 Å². The van der Waals surface area contributed by atoms with Crippen molar-refractivity contribution in [2.24, 2.45) is 10.7 Å². The molecule has 0 N–H and O–H groups in total. The lowest BCUT2D eigenvalue weighted by Gasteiger charge is -2.50. The van der Waals surface area contributed by atoms with Gasteiger partial charge in [0.25, 0.3) is 0 Å². The molecule has 1 saturated heterocycles. The summed E-state index contributed by atoms with van der Waals surface area (Å²) < 4.78 is 0. The third-order valence-corrected chi connectivity index (χ3v) is 3.57. The molecule has 1 rings (SSSR count). The monoisotopic (exact) mass is 170 g/mol. The van der Waals surface area contributed by atoms with Gasteiger partial charge < -0.3 is 0 Å². The molecule has 0 spiro atoms. The molecule has 0 saturated carbocycles. The third kappa shape index (κ3) is 1.21. The van der Waals surface area contributed by atoms with Crippen molar-refractivity contribution in [2.45, 2.75) is 46.1 Å². The molecule has 1 heterocycles. The maximum absolute atomic E-state index is 10.5. The fraction of sp³-hybridized carbons (Fsp3) is 1.00. The van der Waals surface area contributed by atoms with Crippen LogP contribution >= 0.6 is 0 Å². The summed E-state index contributed by atoms with van der Waals surface area (Å²) in [6, 6.07) is 0. The summed E-state index contributed by atoms with van der Waals surface area (Å²) in [5, 5.41) is 4.76. The fourth-order valence-electron chi connectivity index (χ4n) is 1.75. The van der Waals surface area contributed by atoms with Gasteiger partial charge in [0.1, 0.15) is 0 Å². The highest BCUT2D eigenvalue weighted by Crippen LogP contribution is 2.43. The van der Waals surface area contributed by atoms with E-state index in [1.807, 2.05) is 0 Å². The molecule has 0 bridgehead atoms. The molecule has 0 unspecified atom stereocenters. The second kappa shape index (κ2) is 2.71. The van der Waals surface area contributed by atoms with E-state index in [1.165, 1.54) is 6.42 Å². The van der Waals surface area contributed by atoms with Crippen molar-refractivity contribution in [3.63, 3.8) is 0 Å². The zero-order valence-electron chi connectivity index (χ0n) is 8.42. The number of hydrogen-bond acceptors (Lipinski definition) is 2. The van der Waals surface area contributed by atoms with E-state index in [0.717, 1.165) is 13.0 Å². The zero-order chi connectivity index (χ0) is 9.41. The quantitative estimate of drug-likeness (QED) is 0.566. The number of piperidine rings is 1. The first-order valence-electron chi connectivity index (χ1n) is 4.53. The van der Waals surface area contributed by atoms with Gasteiger partial charge in [-0.05, 0) is 32.1 Å².